The number of hydrogen-bond donors (Lipinski definition) is 3. The van der Waals surface area contributed by atoms with Crippen molar-refractivity contribution in [1.29, 1.82) is 0 Å². The second-order valence-electron chi connectivity index (χ2n) is 5.96. The van der Waals surface area contributed by atoms with Crippen molar-refractivity contribution in [2.24, 2.45) is 11.7 Å². The van der Waals surface area contributed by atoms with Gasteiger partial charge in [-0.1, -0.05) is 44.2 Å². The fraction of sp³-hybridized carbons (Fsp3) is 0.471. The summed E-state index contributed by atoms with van der Waals surface area (Å²) in [5.41, 5.74) is 6.00. The Morgan fingerprint density at radius 1 is 1.21 bits per heavy atom. The Labute approximate surface area is 141 Å². The van der Waals surface area contributed by atoms with Crippen molar-refractivity contribution in [3.63, 3.8) is 0 Å². The maximum absolute atomic E-state index is 11.8. The Bertz CT molecular complexity index is 559. The minimum Gasteiger partial charge on any atom is -0.461 e. The lowest BCUT2D eigenvalue weighted by molar-refractivity contribution is -0.147. The first-order chi connectivity index (χ1) is 11.3. The minimum atomic E-state index is -1.26. The van der Waals surface area contributed by atoms with Gasteiger partial charge in [-0.3, -0.25) is 14.4 Å². The zero-order valence-corrected chi connectivity index (χ0v) is 13.9. The molecular weight excluding hydrogens is 312 g/mol. The molecule has 1 aromatic rings. The molecule has 1 rings (SSSR count). The molecule has 0 aliphatic heterocycles. The fourth-order valence-electron chi connectivity index (χ4n) is 2.01. The standard InChI is InChI=1S/C17H24N2O5/c1-11(2)8-14(20)17(23)19-13(16(18)22)9-15(21)24-10-12-6-4-3-5-7-12/h3-7,11,13-14,20H,8-10H2,1-2H3,(H2,18,22)(H,19,23)/t13-,14+/m0/s1. The fourth-order valence-corrected chi connectivity index (χ4v) is 2.01. The van der Waals surface area contributed by atoms with Crippen molar-refractivity contribution in [2.45, 2.75) is 45.4 Å². The molecule has 132 valence electrons. The topological polar surface area (TPSA) is 119 Å². The number of amides is 2. The smallest absolute Gasteiger partial charge is 0.308 e. The lowest BCUT2D eigenvalue weighted by Crippen LogP contribution is -2.49. The maximum atomic E-state index is 11.8. The number of carbonyl (C=O) groups excluding carboxylic acids is 3. The number of aliphatic hydroxyl groups excluding tert-OH is 1. The summed E-state index contributed by atoms with van der Waals surface area (Å²) < 4.78 is 5.05. The van der Waals surface area contributed by atoms with Crippen LogP contribution in [-0.2, 0) is 25.7 Å². The van der Waals surface area contributed by atoms with E-state index < -0.39 is 29.9 Å². The van der Waals surface area contributed by atoms with E-state index in [-0.39, 0.29) is 25.4 Å². The number of aliphatic hydroxyl groups is 1. The molecule has 0 saturated heterocycles. The number of rotatable bonds is 9. The van der Waals surface area contributed by atoms with Crippen LogP contribution in [0.15, 0.2) is 30.3 Å². The Morgan fingerprint density at radius 2 is 1.83 bits per heavy atom. The Kier molecular flexibility index (Phi) is 7.91. The summed E-state index contributed by atoms with van der Waals surface area (Å²) >= 11 is 0. The van der Waals surface area contributed by atoms with Crippen LogP contribution in [0.3, 0.4) is 0 Å². The highest BCUT2D eigenvalue weighted by molar-refractivity contribution is 5.91. The molecule has 0 fully saturated rings. The van der Waals surface area contributed by atoms with Gasteiger partial charge in [0.15, 0.2) is 0 Å². The van der Waals surface area contributed by atoms with Gasteiger partial charge < -0.3 is 20.9 Å². The van der Waals surface area contributed by atoms with E-state index in [1.54, 1.807) is 12.1 Å². The Balaban J connectivity index is 2.51. The summed E-state index contributed by atoms with van der Waals surface area (Å²) in [6, 6.07) is 7.83. The summed E-state index contributed by atoms with van der Waals surface area (Å²) in [5, 5.41) is 12.0. The van der Waals surface area contributed by atoms with Gasteiger partial charge in [-0.25, -0.2) is 0 Å². The van der Waals surface area contributed by atoms with Crippen molar-refractivity contribution >= 4 is 17.8 Å². The molecule has 2 amide bonds. The quantitative estimate of drug-likeness (QED) is 0.567. The van der Waals surface area contributed by atoms with Crippen LogP contribution in [0.5, 0.6) is 0 Å². The first-order valence-corrected chi connectivity index (χ1v) is 7.77. The number of ether oxygens (including phenoxy) is 1. The second-order valence-corrected chi connectivity index (χ2v) is 5.96. The molecule has 0 saturated carbocycles. The molecule has 24 heavy (non-hydrogen) atoms. The molecule has 7 nitrogen and oxygen atoms in total. The highest BCUT2D eigenvalue weighted by atomic mass is 16.5. The van der Waals surface area contributed by atoms with Gasteiger partial charge in [-0.05, 0) is 17.9 Å². The molecule has 0 aliphatic carbocycles. The molecule has 0 spiro atoms. The predicted molar refractivity (Wildman–Crippen MR) is 87.4 cm³/mol. The number of benzene rings is 1. The molecule has 0 aromatic heterocycles. The van der Waals surface area contributed by atoms with Gasteiger partial charge in [0.1, 0.15) is 18.8 Å². The lowest BCUT2D eigenvalue weighted by atomic mass is 10.0. The average Bonchev–Trinajstić information content (AvgIpc) is 2.52. The summed E-state index contributed by atoms with van der Waals surface area (Å²) in [7, 11) is 0. The number of esters is 1. The van der Waals surface area contributed by atoms with Crippen molar-refractivity contribution in [3.05, 3.63) is 35.9 Å². The first kappa shape index (κ1) is 19.6. The molecule has 0 radical (unpaired) electrons. The number of nitrogens with two attached hydrogens (primary N) is 1. The molecule has 0 aliphatic rings. The van der Waals surface area contributed by atoms with Crippen LogP contribution in [0.25, 0.3) is 0 Å². The second kappa shape index (κ2) is 9.67. The van der Waals surface area contributed by atoms with Crippen LogP contribution in [0, 0.1) is 5.92 Å². The van der Waals surface area contributed by atoms with Gasteiger partial charge in [0, 0.05) is 0 Å². The van der Waals surface area contributed by atoms with E-state index in [1.165, 1.54) is 0 Å². The largest absolute Gasteiger partial charge is 0.461 e. The molecule has 0 heterocycles. The highest BCUT2D eigenvalue weighted by Gasteiger charge is 2.26. The van der Waals surface area contributed by atoms with Gasteiger partial charge in [0.25, 0.3) is 0 Å². The molecule has 1 aromatic carbocycles. The van der Waals surface area contributed by atoms with Crippen LogP contribution in [0.4, 0.5) is 0 Å². The summed E-state index contributed by atoms with van der Waals surface area (Å²) in [6.45, 7) is 3.76. The van der Waals surface area contributed by atoms with E-state index >= 15 is 0 Å². The van der Waals surface area contributed by atoms with Gasteiger partial charge in [0.05, 0.1) is 6.42 Å². The van der Waals surface area contributed by atoms with Crippen molar-refractivity contribution < 1.29 is 24.2 Å². The van der Waals surface area contributed by atoms with Gasteiger partial charge >= 0.3 is 5.97 Å². The normalized spacial score (nSPS) is 13.2. The molecule has 0 unspecified atom stereocenters. The van der Waals surface area contributed by atoms with Crippen molar-refractivity contribution in [2.75, 3.05) is 0 Å². The summed E-state index contributed by atoms with van der Waals surface area (Å²) in [5.74, 6) is -2.16. The number of hydrogen-bond acceptors (Lipinski definition) is 5. The van der Waals surface area contributed by atoms with Crippen molar-refractivity contribution in [1.82, 2.24) is 5.32 Å². The zero-order valence-electron chi connectivity index (χ0n) is 13.9. The average molecular weight is 336 g/mol. The highest BCUT2D eigenvalue weighted by Crippen LogP contribution is 2.06. The number of carbonyl (C=O) groups is 3. The maximum Gasteiger partial charge on any atom is 0.308 e. The molecule has 0 bridgehead atoms. The van der Waals surface area contributed by atoms with Crippen molar-refractivity contribution in [3.8, 4) is 0 Å². The van der Waals surface area contributed by atoms with E-state index in [0.717, 1.165) is 5.56 Å². The monoisotopic (exact) mass is 336 g/mol. The predicted octanol–water partition coefficient (Wildman–Crippen LogP) is 0.497. The molecule has 2 atom stereocenters. The summed E-state index contributed by atoms with van der Waals surface area (Å²) in [4.78, 5) is 35.1. The molecule has 7 heteroatoms. The van der Waals surface area contributed by atoms with E-state index in [2.05, 4.69) is 5.32 Å². The zero-order chi connectivity index (χ0) is 18.1. The molecule has 4 N–H and O–H groups in total. The van der Waals surface area contributed by atoms with E-state index in [1.807, 2.05) is 32.0 Å². The van der Waals surface area contributed by atoms with Crippen LogP contribution in [-0.4, -0.2) is 35.0 Å². The van der Waals surface area contributed by atoms with E-state index in [9.17, 15) is 19.5 Å². The molecular formula is C17H24N2O5. The third-order valence-electron chi connectivity index (χ3n) is 3.27. The number of nitrogens with one attached hydrogen (secondary N) is 1. The van der Waals surface area contributed by atoms with Crippen LogP contribution < -0.4 is 11.1 Å². The van der Waals surface area contributed by atoms with Gasteiger partial charge in [-0.2, -0.15) is 0 Å². The Morgan fingerprint density at radius 3 is 2.38 bits per heavy atom. The SMILES string of the molecule is CC(C)C[C@@H](O)C(=O)N[C@@H](CC(=O)OCc1ccccc1)C(N)=O. The van der Waals surface area contributed by atoms with E-state index in [0.29, 0.717) is 0 Å². The van der Waals surface area contributed by atoms with Gasteiger partial charge in [-0.15, -0.1) is 0 Å². The third-order valence-corrected chi connectivity index (χ3v) is 3.27. The lowest BCUT2D eigenvalue weighted by Gasteiger charge is -2.18. The van der Waals surface area contributed by atoms with Gasteiger partial charge in [0.2, 0.25) is 11.8 Å². The third kappa shape index (κ3) is 7.23. The van der Waals surface area contributed by atoms with Crippen LogP contribution >= 0.6 is 0 Å². The Hall–Kier alpha value is -2.41. The number of primary amides is 1. The first-order valence-electron chi connectivity index (χ1n) is 7.77. The van der Waals surface area contributed by atoms with Crippen LogP contribution in [0.1, 0.15) is 32.3 Å². The van der Waals surface area contributed by atoms with Crippen LogP contribution in [0.2, 0.25) is 0 Å². The van der Waals surface area contributed by atoms with E-state index in [4.69, 9.17) is 10.5 Å². The minimum absolute atomic E-state index is 0.0646. The summed E-state index contributed by atoms with van der Waals surface area (Å²) in [6.07, 6.45) is -1.40.